The van der Waals surface area contributed by atoms with Crippen LogP contribution in [0.25, 0.3) is 0 Å². The average molecular weight is 235 g/mol. The zero-order chi connectivity index (χ0) is 12.5. The van der Waals surface area contributed by atoms with E-state index in [-0.39, 0.29) is 11.3 Å². The van der Waals surface area contributed by atoms with E-state index in [0.29, 0.717) is 0 Å². The molecule has 1 aromatic rings. The molecule has 0 atom stereocenters. The fraction of sp³-hybridized carbons (Fsp3) is 0.571. The van der Waals surface area contributed by atoms with Gasteiger partial charge >= 0.3 is 0 Å². The minimum Gasteiger partial charge on any atom is -0.507 e. The second-order valence-corrected chi connectivity index (χ2v) is 4.90. The highest BCUT2D eigenvalue weighted by Gasteiger charge is 2.34. The zero-order valence-corrected chi connectivity index (χ0v) is 10.6. The Kier molecular flexibility index (Phi) is 3.29. The van der Waals surface area contributed by atoms with Gasteiger partial charge in [-0.25, -0.2) is 0 Å². The summed E-state index contributed by atoms with van der Waals surface area (Å²) in [7, 11) is 1.63. The Morgan fingerprint density at radius 2 is 2.00 bits per heavy atom. The van der Waals surface area contributed by atoms with Crippen molar-refractivity contribution in [1.82, 2.24) is 0 Å². The lowest BCUT2D eigenvalue weighted by atomic mass is 9.87. The first-order valence-corrected chi connectivity index (χ1v) is 6.30. The van der Waals surface area contributed by atoms with E-state index in [4.69, 9.17) is 10.5 Å². The SMILES string of the molecule is CCc1cc(C2(N)CCCC2)c(O)cc1OC. The third-order valence-electron chi connectivity index (χ3n) is 3.81. The molecule has 1 aromatic carbocycles. The first-order valence-electron chi connectivity index (χ1n) is 6.30. The highest BCUT2D eigenvalue weighted by Crippen LogP contribution is 2.42. The molecule has 17 heavy (non-hydrogen) atoms. The van der Waals surface area contributed by atoms with Crippen molar-refractivity contribution in [2.24, 2.45) is 5.73 Å². The van der Waals surface area contributed by atoms with Crippen molar-refractivity contribution in [3.8, 4) is 11.5 Å². The summed E-state index contributed by atoms with van der Waals surface area (Å²) in [5.41, 5.74) is 8.04. The predicted molar refractivity (Wildman–Crippen MR) is 68.4 cm³/mol. The Bertz CT molecular complexity index is 409. The number of aromatic hydroxyl groups is 1. The average Bonchev–Trinajstić information content (AvgIpc) is 2.76. The topological polar surface area (TPSA) is 55.5 Å². The van der Waals surface area contributed by atoms with Crippen molar-refractivity contribution in [2.45, 2.75) is 44.6 Å². The summed E-state index contributed by atoms with van der Waals surface area (Å²) < 4.78 is 5.27. The molecule has 94 valence electrons. The summed E-state index contributed by atoms with van der Waals surface area (Å²) in [6.07, 6.45) is 5.07. The molecule has 0 unspecified atom stereocenters. The molecule has 0 radical (unpaired) electrons. The molecule has 3 nitrogen and oxygen atoms in total. The predicted octanol–water partition coefficient (Wildman–Crippen LogP) is 2.69. The maximum Gasteiger partial charge on any atom is 0.125 e. The van der Waals surface area contributed by atoms with Crippen LogP contribution in [0.2, 0.25) is 0 Å². The van der Waals surface area contributed by atoms with E-state index in [1.165, 1.54) is 0 Å². The first-order chi connectivity index (χ1) is 8.10. The van der Waals surface area contributed by atoms with Crippen LogP contribution in [0, 0.1) is 0 Å². The smallest absolute Gasteiger partial charge is 0.125 e. The first kappa shape index (κ1) is 12.2. The van der Waals surface area contributed by atoms with Gasteiger partial charge in [-0.3, -0.25) is 0 Å². The summed E-state index contributed by atoms with van der Waals surface area (Å²) >= 11 is 0. The fourth-order valence-electron chi connectivity index (χ4n) is 2.75. The zero-order valence-electron chi connectivity index (χ0n) is 10.6. The molecule has 1 aliphatic rings. The fourth-order valence-corrected chi connectivity index (χ4v) is 2.75. The van der Waals surface area contributed by atoms with E-state index in [2.05, 4.69) is 6.92 Å². The van der Waals surface area contributed by atoms with Gasteiger partial charge in [-0.05, 0) is 30.9 Å². The molecule has 0 aromatic heterocycles. The van der Waals surface area contributed by atoms with E-state index in [0.717, 1.165) is 49.0 Å². The Morgan fingerprint density at radius 3 is 2.53 bits per heavy atom. The molecule has 0 saturated heterocycles. The van der Waals surface area contributed by atoms with Crippen molar-refractivity contribution in [3.63, 3.8) is 0 Å². The van der Waals surface area contributed by atoms with E-state index in [1.807, 2.05) is 6.07 Å². The summed E-state index contributed by atoms with van der Waals surface area (Å²) in [5.74, 6) is 1.01. The van der Waals surface area contributed by atoms with E-state index >= 15 is 0 Å². The number of rotatable bonds is 3. The number of phenolic OH excluding ortho intramolecular Hbond substituents is 1. The number of benzene rings is 1. The van der Waals surface area contributed by atoms with E-state index < -0.39 is 0 Å². The number of nitrogens with two attached hydrogens (primary N) is 1. The second-order valence-electron chi connectivity index (χ2n) is 4.90. The van der Waals surface area contributed by atoms with Crippen LogP contribution in [0.5, 0.6) is 11.5 Å². The molecule has 1 aliphatic carbocycles. The van der Waals surface area contributed by atoms with Gasteiger partial charge in [0.25, 0.3) is 0 Å². The lowest BCUT2D eigenvalue weighted by molar-refractivity contribution is 0.387. The van der Waals surface area contributed by atoms with Crippen LogP contribution in [-0.2, 0) is 12.0 Å². The van der Waals surface area contributed by atoms with Crippen LogP contribution >= 0.6 is 0 Å². The van der Waals surface area contributed by atoms with Crippen LogP contribution in [0.4, 0.5) is 0 Å². The maximum atomic E-state index is 10.1. The van der Waals surface area contributed by atoms with Crippen molar-refractivity contribution in [3.05, 3.63) is 23.3 Å². The number of aryl methyl sites for hydroxylation is 1. The number of methoxy groups -OCH3 is 1. The third kappa shape index (κ3) is 2.12. The molecule has 0 aliphatic heterocycles. The Labute approximate surface area is 103 Å². The summed E-state index contributed by atoms with van der Waals surface area (Å²) in [4.78, 5) is 0. The lowest BCUT2D eigenvalue weighted by Gasteiger charge is -2.26. The van der Waals surface area contributed by atoms with Crippen LogP contribution in [0.1, 0.15) is 43.7 Å². The highest BCUT2D eigenvalue weighted by molar-refractivity contribution is 5.49. The van der Waals surface area contributed by atoms with Crippen molar-refractivity contribution in [2.75, 3.05) is 7.11 Å². The molecule has 1 fully saturated rings. The third-order valence-corrected chi connectivity index (χ3v) is 3.81. The van der Waals surface area contributed by atoms with Crippen LogP contribution in [0.3, 0.4) is 0 Å². The minimum absolute atomic E-state index is 0.267. The monoisotopic (exact) mass is 235 g/mol. The van der Waals surface area contributed by atoms with Gasteiger partial charge in [0.15, 0.2) is 0 Å². The van der Waals surface area contributed by atoms with Crippen molar-refractivity contribution >= 4 is 0 Å². The second kappa shape index (κ2) is 4.57. The lowest BCUT2D eigenvalue weighted by Crippen LogP contribution is -2.33. The minimum atomic E-state index is -0.347. The van der Waals surface area contributed by atoms with Gasteiger partial charge in [-0.15, -0.1) is 0 Å². The maximum absolute atomic E-state index is 10.1. The highest BCUT2D eigenvalue weighted by atomic mass is 16.5. The van der Waals surface area contributed by atoms with Crippen LogP contribution in [0.15, 0.2) is 12.1 Å². The Hall–Kier alpha value is -1.22. The largest absolute Gasteiger partial charge is 0.507 e. The van der Waals surface area contributed by atoms with Crippen molar-refractivity contribution < 1.29 is 9.84 Å². The van der Waals surface area contributed by atoms with Crippen molar-refractivity contribution in [1.29, 1.82) is 0 Å². The number of ether oxygens (including phenoxy) is 1. The normalized spacial score (nSPS) is 18.3. The molecule has 3 heteroatoms. The standard InChI is InChI=1S/C14H21NO2/c1-3-10-8-11(12(16)9-13(10)17-2)14(15)6-4-5-7-14/h8-9,16H,3-7,15H2,1-2H3. The van der Waals surface area contributed by atoms with Gasteiger partial charge in [0.1, 0.15) is 11.5 Å². The van der Waals surface area contributed by atoms with Gasteiger partial charge in [0.05, 0.1) is 7.11 Å². The number of hydrogen-bond donors (Lipinski definition) is 2. The number of hydrogen-bond acceptors (Lipinski definition) is 3. The van der Waals surface area contributed by atoms with Gasteiger partial charge < -0.3 is 15.6 Å². The Balaban J connectivity index is 2.47. The summed E-state index contributed by atoms with van der Waals surface area (Å²) in [5, 5.41) is 10.1. The van der Waals surface area contributed by atoms with Crippen LogP contribution in [-0.4, -0.2) is 12.2 Å². The molecule has 0 amide bonds. The molecule has 1 saturated carbocycles. The quantitative estimate of drug-likeness (QED) is 0.847. The van der Waals surface area contributed by atoms with Crippen LogP contribution < -0.4 is 10.5 Å². The van der Waals surface area contributed by atoms with Gasteiger partial charge in [0.2, 0.25) is 0 Å². The molecule has 2 rings (SSSR count). The van der Waals surface area contributed by atoms with Gasteiger partial charge in [-0.1, -0.05) is 19.8 Å². The molecule has 0 spiro atoms. The Morgan fingerprint density at radius 1 is 1.35 bits per heavy atom. The molecular formula is C14H21NO2. The number of phenols is 1. The molecule has 3 N–H and O–H groups in total. The summed E-state index contributed by atoms with van der Waals surface area (Å²) in [6.45, 7) is 2.08. The molecular weight excluding hydrogens is 214 g/mol. The van der Waals surface area contributed by atoms with E-state index in [9.17, 15) is 5.11 Å². The summed E-state index contributed by atoms with van der Waals surface area (Å²) in [6, 6.07) is 3.71. The van der Waals surface area contributed by atoms with Gasteiger partial charge in [-0.2, -0.15) is 0 Å². The van der Waals surface area contributed by atoms with Gasteiger partial charge in [0, 0.05) is 17.2 Å². The van der Waals surface area contributed by atoms with E-state index in [1.54, 1.807) is 13.2 Å². The molecule has 0 heterocycles. The molecule has 0 bridgehead atoms.